The molecule has 0 fully saturated rings. The van der Waals surface area contributed by atoms with E-state index in [0.717, 1.165) is 11.1 Å². The lowest BCUT2D eigenvalue weighted by atomic mass is 9.81. The number of rotatable bonds is 3. The van der Waals surface area contributed by atoms with Gasteiger partial charge in [0.2, 0.25) is 0 Å². The fourth-order valence-corrected chi connectivity index (χ4v) is 2.66. The molecule has 0 unspecified atom stereocenters. The lowest BCUT2D eigenvalue weighted by molar-refractivity contribution is 0.0593. The molecule has 0 atom stereocenters. The van der Waals surface area contributed by atoms with E-state index in [0.29, 0.717) is 0 Å². The van der Waals surface area contributed by atoms with E-state index in [4.69, 9.17) is 4.74 Å². The third-order valence-electron chi connectivity index (χ3n) is 3.97. The van der Waals surface area contributed by atoms with E-state index >= 15 is 0 Å². The zero-order valence-electron chi connectivity index (χ0n) is 11.9. The average molecular weight is 278 g/mol. The Morgan fingerprint density at radius 1 is 0.714 bits per heavy atom. The van der Waals surface area contributed by atoms with Gasteiger partial charge in [-0.3, -0.25) is 0 Å². The third-order valence-corrected chi connectivity index (χ3v) is 3.97. The van der Waals surface area contributed by atoms with Crippen LogP contribution in [-0.2, 0) is 15.9 Å². The molecule has 1 aliphatic rings. The summed E-state index contributed by atoms with van der Waals surface area (Å²) in [6, 6.07) is 19.6. The Hall–Kier alpha value is -2.16. The second-order valence-electron chi connectivity index (χ2n) is 5.22. The summed E-state index contributed by atoms with van der Waals surface area (Å²) in [7, 11) is 1.68. The van der Waals surface area contributed by atoms with E-state index in [1.165, 1.54) is 0 Å². The van der Waals surface area contributed by atoms with Crippen LogP contribution >= 0.6 is 0 Å². The Kier molecular flexibility index (Phi) is 3.50. The Balaban J connectivity index is 1.98. The van der Waals surface area contributed by atoms with Crippen molar-refractivity contribution in [1.82, 2.24) is 0 Å². The predicted octanol–water partition coefficient (Wildman–Crippen LogP) is 3.54. The first-order valence-electron chi connectivity index (χ1n) is 6.98. The van der Waals surface area contributed by atoms with Crippen LogP contribution in [0.1, 0.15) is 11.1 Å². The van der Waals surface area contributed by atoms with Gasteiger partial charge in [0.15, 0.2) is 0 Å². The normalized spacial score (nSPS) is 27.7. The molecule has 106 valence electrons. The number of ether oxygens (including phenoxy) is 1. The van der Waals surface area contributed by atoms with Crippen molar-refractivity contribution in [3.05, 3.63) is 96.1 Å². The van der Waals surface area contributed by atoms with Crippen molar-refractivity contribution in [2.75, 3.05) is 7.11 Å². The maximum atomic E-state index is 10.8. The van der Waals surface area contributed by atoms with Crippen LogP contribution in [0.5, 0.6) is 0 Å². The fourth-order valence-electron chi connectivity index (χ4n) is 2.66. The van der Waals surface area contributed by atoms with E-state index in [9.17, 15) is 5.11 Å². The van der Waals surface area contributed by atoms with Crippen molar-refractivity contribution in [2.45, 2.75) is 11.2 Å². The summed E-state index contributed by atoms with van der Waals surface area (Å²) in [5.41, 5.74) is 0.172. The Bertz CT molecular complexity index is 642. The molecule has 3 rings (SSSR count). The molecule has 1 aliphatic carbocycles. The van der Waals surface area contributed by atoms with Crippen molar-refractivity contribution in [3.8, 4) is 0 Å². The van der Waals surface area contributed by atoms with E-state index in [2.05, 4.69) is 0 Å². The number of methoxy groups -OCH3 is 1. The van der Waals surface area contributed by atoms with Crippen LogP contribution in [0.15, 0.2) is 85.0 Å². The molecule has 21 heavy (non-hydrogen) atoms. The second kappa shape index (κ2) is 5.32. The smallest absolute Gasteiger partial charge is 0.129 e. The lowest BCUT2D eigenvalue weighted by Gasteiger charge is -2.33. The van der Waals surface area contributed by atoms with E-state index in [1.807, 2.05) is 72.8 Å². The molecule has 0 saturated heterocycles. The molecule has 2 aromatic rings. The maximum Gasteiger partial charge on any atom is 0.129 e. The van der Waals surface area contributed by atoms with Gasteiger partial charge in [0.1, 0.15) is 11.2 Å². The quantitative estimate of drug-likeness (QED) is 0.870. The highest BCUT2D eigenvalue weighted by atomic mass is 16.5. The molecule has 0 saturated carbocycles. The maximum absolute atomic E-state index is 10.8. The van der Waals surface area contributed by atoms with Crippen LogP contribution in [0.25, 0.3) is 0 Å². The van der Waals surface area contributed by atoms with Gasteiger partial charge in [-0.2, -0.15) is 0 Å². The van der Waals surface area contributed by atoms with Crippen molar-refractivity contribution in [1.29, 1.82) is 0 Å². The van der Waals surface area contributed by atoms with Gasteiger partial charge < -0.3 is 9.84 Å². The van der Waals surface area contributed by atoms with Gasteiger partial charge in [-0.1, -0.05) is 60.7 Å². The van der Waals surface area contributed by atoms with E-state index in [1.54, 1.807) is 19.3 Å². The summed E-state index contributed by atoms with van der Waals surface area (Å²) >= 11 is 0. The Morgan fingerprint density at radius 2 is 1.19 bits per heavy atom. The highest BCUT2D eigenvalue weighted by Gasteiger charge is 2.34. The number of benzene rings is 2. The van der Waals surface area contributed by atoms with Crippen LogP contribution in [0.3, 0.4) is 0 Å². The van der Waals surface area contributed by atoms with E-state index in [-0.39, 0.29) is 0 Å². The molecule has 0 heterocycles. The molecular weight excluding hydrogens is 260 g/mol. The number of aliphatic hydroxyl groups is 1. The number of hydrogen-bond acceptors (Lipinski definition) is 2. The molecule has 0 amide bonds. The molecule has 0 aromatic heterocycles. The van der Waals surface area contributed by atoms with Crippen LogP contribution in [0.4, 0.5) is 0 Å². The molecular formula is C19H18O2. The minimum absolute atomic E-state index is 0.623. The summed E-state index contributed by atoms with van der Waals surface area (Å²) in [5.74, 6) is 0. The largest absolute Gasteiger partial charge is 0.377 e. The molecule has 0 aliphatic heterocycles. The minimum Gasteiger partial charge on any atom is -0.377 e. The van der Waals surface area contributed by atoms with Crippen LogP contribution in [-0.4, -0.2) is 12.2 Å². The Labute approximate surface area is 125 Å². The van der Waals surface area contributed by atoms with Gasteiger partial charge in [0.25, 0.3) is 0 Å². The topological polar surface area (TPSA) is 29.5 Å². The molecule has 0 radical (unpaired) electrons. The summed E-state index contributed by atoms with van der Waals surface area (Å²) in [6.07, 6.45) is 7.41. The van der Waals surface area contributed by atoms with Crippen molar-refractivity contribution >= 4 is 0 Å². The molecule has 0 bridgehead atoms. The van der Waals surface area contributed by atoms with Crippen molar-refractivity contribution in [2.24, 2.45) is 0 Å². The van der Waals surface area contributed by atoms with Crippen LogP contribution < -0.4 is 0 Å². The van der Waals surface area contributed by atoms with Gasteiger partial charge in [0, 0.05) is 7.11 Å². The Morgan fingerprint density at radius 3 is 1.67 bits per heavy atom. The first-order chi connectivity index (χ1) is 10.2. The first-order valence-corrected chi connectivity index (χ1v) is 6.98. The van der Waals surface area contributed by atoms with Gasteiger partial charge >= 0.3 is 0 Å². The summed E-state index contributed by atoms with van der Waals surface area (Å²) < 4.78 is 5.71. The summed E-state index contributed by atoms with van der Waals surface area (Å²) in [5, 5.41) is 10.8. The third kappa shape index (κ3) is 2.44. The van der Waals surface area contributed by atoms with Gasteiger partial charge in [0.05, 0.1) is 0 Å². The SMILES string of the molecule is COC1(c2ccccc2)C=CC(O)(c2ccccc2)C=C1. The summed E-state index contributed by atoms with van der Waals surface area (Å²) in [4.78, 5) is 0. The molecule has 2 heteroatoms. The lowest BCUT2D eigenvalue weighted by Crippen LogP contribution is -2.31. The van der Waals surface area contributed by atoms with Crippen molar-refractivity contribution in [3.63, 3.8) is 0 Å². The minimum atomic E-state index is -1.09. The molecule has 2 nitrogen and oxygen atoms in total. The summed E-state index contributed by atoms with van der Waals surface area (Å²) in [6.45, 7) is 0. The van der Waals surface area contributed by atoms with Gasteiger partial charge in [-0.15, -0.1) is 0 Å². The monoisotopic (exact) mass is 278 g/mol. The number of hydrogen-bond donors (Lipinski definition) is 1. The molecule has 2 aromatic carbocycles. The standard InChI is InChI=1S/C19H18O2/c1-21-19(17-10-6-3-7-11-17)14-12-18(20,13-15-19)16-8-4-2-5-9-16/h2-15,20H,1H3. The van der Waals surface area contributed by atoms with Crippen LogP contribution in [0.2, 0.25) is 0 Å². The van der Waals surface area contributed by atoms with Gasteiger partial charge in [-0.25, -0.2) is 0 Å². The molecule has 1 N–H and O–H groups in total. The van der Waals surface area contributed by atoms with Crippen molar-refractivity contribution < 1.29 is 9.84 Å². The predicted molar refractivity (Wildman–Crippen MR) is 83.7 cm³/mol. The molecule has 0 spiro atoms. The fraction of sp³-hybridized carbons (Fsp3) is 0.158. The van der Waals surface area contributed by atoms with Gasteiger partial charge in [-0.05, 0) is 35.4 Å². The zero-order chi connectivity index (χ0) is 14.8. The first kappa shape index (κ1) is 13.8. The van der Waals surface area contributed by atoms with E-state index < -0.39 is 11.2 Å². The van der Waals surface area contributed by atoms with Crippen LogP contribution in [0, 0.1) is 0 Å². The highest BCUT2D eigenvalue weighted by Crippen LogP contribution is 2.37. The average Bonchev–Trinajstić information content (AvgIpc) is 2.58. The highest BCUT2D eigenvalue weighted by molar-refractivity contribution is 5.43. The second-order valence-corrected chi connectivity index (χ2v) is 5.22. The zero-order valence-corrected chi connectivity index (χ0v) is 11.9.